The molecule has 0 spiro atoms. The molecule has 0 radical (unpaired) electrons. The van der Waals surface area contributed by atoms with Gasteiger partial charge in [0.15, 0.2) is 5.82 Å². The van der Waals surface area contributed by atoms with Gasteiger partial charge in [-0.2, -0.15) is 5.10 Å². The molecule has 1 aliphatic heterocycles. The van der Waals surface area contributed by atoms with E-state index in [-0.39, 0.29) is 5.56 Å². The molecule has 0 amide bonds. The second kappa shape index (κ2) is 3.90. The van der Waals surface area contributed by atoms with Gasteiger partial charge in [0.2, 0.25) is 0 Å². The highest BCUT2D eigenvalue weighted by molar-refractivity contribution is 5.43. The first kappa shape index (κ1) is 10.9. The third-order valence-electron chi connectivity index (χ3n) is 3.02. The minimum Gasteiger partial charge on any atom is -0.345 e. The van der Waals surface area contributed by atoms with Crippen LogP contribution < -0.4 is 10.5 Å². The maximum atomic E-state index is 11.8. The van der Waals surface area contributed by atoms with Gasteiger partial charge in [-0.15, -0.1) is 5.10 Å². The monoisotopic (exact) mass is 243 g/mol. The number of rotatable bonds is 1. The van der Waals surface area contributed by atoms with Gasteiger partial charge in [0.05, 0.1) is 30.0 Å². The number of aromatic amines is 1. The molecule has 6 heteroatoms. The first-order chi connectivity index (χ1) is 8.63. The molecular weight excluding hydrogens is 230 g/mol. The van der Waals surface area contributed by atoms with Crippen molar-refractivity contribution in [3.8, 4) is 0 Å². The van der Waals surface area contributed by atoms with E-state index in [9.17, 15) is 4.79 Å². The average Bonchev–Trinajstić information content (AvgIpc) is 2.74. The van der Waals surface area contributed by atoms with Crippen LogP contribution in [0, 0.1) is 13.8 Å². The molecule has 18 heavy (non-hydrogen) atoms. The van der Waals surface area contributed by atoms with Crippen LogP contribution in [0.15, 0.2) is 16.9 Å². The quantitative estimate of drug-likeness (QED) is 0.797. The van der Waals surface area contributed by atoms with Crippen molar-refractivity contribution >= 4 is 5.82 Å². The van der Waals surface area contributed by atoms with Crippen molar-refractivity contribution < 1.29 is 0 Å². The molecule has 0 saturated heterocycles. The largest absolute Gasteiger partial charge is 0.345 e. The number of nitrogens with zero attached hydrogens (tertiary/aromatic N) is 4. The molecule has 1 N–H and O–H groups in total. The summed E-state index contributed by atoms with van der Waals surface area (Å²) in [7, 11) is 0. The fraction of sp³-hybridized carbons (Fsp3) is 0.333. The first-order valence-electron chi connectivity index (χ1n) is 5.77. The van der Waals surface area contributed by atoms with Crippen LogP contribution in [0.3, 0.4) is 0 Å². The molecule has 2 aromatic heterocycles. The number of aromatic nitrogens is 4. The smallest absolute Gasteiger partial charge is 0.256 e. The first-order valence-corrected chi connectivity index (χ1v) is 5.77. The second-order valence-electron chi connectivity index (χ2n) is 4.47. The number of nitrogens with one attached hydrogen (secondary N) is 1. The molecule has 0 atom stereocenters. The third kappa shape index (κ3) is 1.75. The van der Waals surface area contributed by atoms with Gasteiger partial charge < -0.3 is 9.88 Å². The Morgan fingerprint density at radius 2 is 2.06 bits per heavy atom. The van der Waals surface area contributed by atoms with Crippen molar-refractivity contribution in [2.45, 2.75) is 26.9 Å². The van der Waals surface area contributed by atoms with E-state index in [2.05, 4.69) is 20.2 Å². The van der Waals surface area contributed by atoms with Gasteiger partial charge in [-0.05, 0) is 26.0 Å². The fourth-order valence-corrected chi connectivity index (χ4v) is 2.11. The van der Waals surface area contributed by atoms with E-state index in [1.54, 1.807) is 6.92 Å². The minimum absolute atomic E-state index is 0.0555. The Kier molecular flexibility index (Phi) is 2.36. The van der Waals surface area contributed by atoms with Crippen LogP contribution in [0.2, 0.25) is 0 Å². The molecule has 3 heterocycles. The van der Waals surface area contributed by atoms with Crippen molar-refractivity contribution in [2.75, 3.05) is 4.90 Å². The summed E-state index contributed by atoms with van der Waals surface area (Å²) in [5.74, 6) is 1.42. The van der Waals surface area contributed by atoms with Crippen LogP contribution in [-0.2, 0) is 13.1 Å². The predicted molar refractivity (Wildman–Crippen MR) is 66.3 cm³/mol. The zero-order valence-electron chi connectivity index (χ0n) is 10.3. The standard InChI is InChI=1S/C12H13N5O/c1-7-3-4-11(16-15-7)17-5-9-10(6-17)13-8(2)14-12(9)18/h3-4H,5-6H2,1-2H3,(H,13,14,18). The molecule has 0 bridgehead atoms. The van der Waals surface area contributed by atoms with Crippen LogP contribution >= 0.6 is 0 Å². The van der Waals surface area contributed by atoms with E-state index < -0.39 is 0 Å². The minimum atomic E-state index is -0.0555. The van der Waals surface area contributed by atoms with Crippen LogP contribution in [0.4, 0.5) is 5.82 Å². The molecular formula is C12H13N5O. The maximum Gasteiger partial charge on any atom is 0.256 e. The zero-order valence-corrected chi connectivity index (χ0v) is 10.3. The Labute approximate surface area is 104 Å². The Bertz CT molecular complexity index is 647. The van der Waals surface area contributed by atoms with E-state index in [0.717, 1.165) is 22.8 Å². The van der Waals surface area contributed by atoms with E-state index in [1.165, 1.54) is 0 Å². The summed E-state index contributed by atoms with van der Waals surface area (Å²) in [5, 5.41) is 8.16. The molecule has 0 saturated carbocycles. The summed E-state index contributed by atoms with van der Waals surface area (Å²) in [6.07, 6.45) is 0. The summed E-state index contributed by atoms with van der Waals surface area (Å²) < 4.78 is 0. The van der Waals surface area contributed by atoms with Gasteiger partial charge in [0, 0.05) is 0 Å². The molecule has 3 rings (SSSR count). The van der Waals surface area contributed by atoms with E-state index in [1.807, 2.05) is 24.0 Å². The van der Waals surface area contributed by atoms with Crippen molar-refractivity contribution in [1.82, 2.24) is 20.2 Å². The highest BCUT2D eigenvalue weighted by Crippen LogP contribution is 2.22. The summed E-state index contributed by atoms with van der Waals surface area (Å²) in [6.45, 7) is 4.83. The Morgan fingerprint density at radius 3 is 2.78 bits per heavy atom. The fourth-order valence-electron chi connectivity index (χ4n) is 2.11. The van der Waals surface area contributed by atoms with Crippen molar-refractivity contribution in [1.29, 1.82) is 0 Å². The van der Waals surface area contributed by atoms with E-state index >= 15 is 0 Å². The lowest BCUT2D eigenvalue weighted by Crippen LogP contribution is -2.19. The number of anilines is 1. The van der Waals surface area contributed by atoms with Crippen molar-refractivity contribution in [3.05, 3.63) is 45.3 Å². The van der Waals surface area contributed by atoms with Gasteiger partial charge >= 0.3 is 0 Å². The van der Waals surface area contributed by atoms with Gasteiger partial charge in [-0.25, -0.2) is 4.98 Å². The Balaban J connectivity index is 1.95. The lowest BCUT2D eigenvalue weighted by atomic mass is 10.3. The molecule has 92 valence electrons. The van der Waals surface area contributed by atoms with Crippen LogP contribution in [-0.4, -0.2) is 20.2 Å². The van der Waals surface area contributed by atoms with Crippen LogP contribution in [0.1, 0.15) is 22.8 Å². The van der Waals surface area contributed by atoms with Crippen LogP contribution in [0.25, 0.3) is 0 Å². The zero-order chi connectivity index (χ0) is 12.7. The molecule has 1 aliphatic rings. The van der Waals surface area contributed by atoms with E-state index in [0.29, 0.717) is 18.9 Å². The molecule has 2 aromatic rings. The molecule has 6 nitrogen and oxygen atoms in total. The van der Waals surface area contributed by atoms with Crippen molar-refractivity contribution in [3.63, 3.8) is 0 Å². The summed E-state index contributed by atoms with van der Waals surface area (Å²) in [5.41, 5.74) is 2.38. The molecule has 0 aliphatic carbocycles. The maximum absolute atomic E-state index is 11.8. The SMILES string of the molecule is Cc1ccc(N2Cc3nc(C)[nH]c(=O)c3C2)nn1. The molecule has 0 fully saturated rings. The van der Waals surface area contributed by atoms with Crippen LogP contribution in [0.5, 0.6) is 0 Å². The topological polar surface area (TPSA) is 74.8 Å². The van der Waals surface area contributed by atoms with Gasteiger partial charge in [0.25, 0.3) is 5.56 Å². The van der Waals surface area contributed by atoms with Gasteiger partial charge in [-0.1, -0.05) is 0 Å². The average molecular weight is 243 g/mol. The third-order valence-corrected chi connectivity index (χ3v) is 3.02. The Morgan fingerprint density at radius 1 is 1.22 bits per heavy atom. The predicted octanol–water partition coefficient (Wildman–Crippen LogP) is 0.697. The Hall–Kier alpha value is -2.24. The van der Waals surface area contributed by atoms with Gasteiger partial charge in [-0.3, -0.25) is 4.79 Å². The highest BCUT2D eigenvalue weighted by atomic mass is 16.1. The van der Waals surface area contributed by atoms with E-state index in [4.69, 9.17) is 0 Å². The lowest BCUT2D eigenvalue weighted by Gasteiger charge is -2.14. The lowest BCUT2D eigenvalue weighted by molar-refractivity contribution is 0.817. The number of hydrogen-bond acceptors (Lipinski definition) is 5. The highest BCUT2D eigenvalue weighted by Gasteiger charge is 2.24. The summed E-state index contributed by atoms with van der Waals surface area (Å²) in [4.78, 5) is 20.9. The van der Waals surface area contributed by atoms with Crippen molar-refractivity contribution in [2.24, 2.45) is 0 Å². The van der Waals surface area contributed by atoms with Gasteiger partial charge in [0.1, 0.15) is 5.82 Å². The number of H-pyrrole nitrogens is 1. The summed E-state index contributed by atoms with van der Waals surface area (Å²) >= 11 is 0. The second-order valence-corrected chi connectivity index (χ2v) is 4.47. The normalized spacial score (nSPS) is 13.8. The molecule has 0 unspecified atom stereocenters. The number of fused-ring (bicyclic) bond motifs is 1. The summed E-state index contributed by atoms with van der Waals surface area (Å²) in [6, 6.07) is 3.82. The number of aryl methyl sites for hydroxylation is 2. The molecule has 0 aromatic carbocycles. The number of hydrogen-bond donors (Lipinski definition) is 1.